The van der Waals surface area contributed by atoms with Crippen LogP contribution in [0.2, 0.25) is 5.02 Å². The molecule has 1 aliphatic carbocycles. The molecule has 2 N–H and O–H groups in total. The number of aliphatic hydroxyl groups is 1. The number of hydrogen-bond acceptors (Lipinski definition) is 2. The molecular formula is C15H14ClNO2. The van der Waals surface area contributed by atoms with Crippen molar-refractivity contribution >= 4 is 23.2 Å². The maximum atomic E-state index is 12.2. The lowest BCUT2D eigenvalue weighted by atomic mass is 9.73. The number of amides is 1. The van der Waals surface area contributed by atoms with E-state index in [2.05, 4.69) is 5.32 Å². The minimum atomic E-state index is -1.21. The normalized spacial score (nSPS) is 32.3. The summed E-state index contributed by atoms with van der Waals surface area (Å²) in [5, 5.41) is 14.2. The number of carbonyl (C=O) groups excluding carboxylic acids is 1. The molecule has 1 amide bonds. The Kier molecular flexibility index (Phi) is 2.77. The van der Waals surface area contributed by atoms with E-state index < -0.39 is 11.5 Å². The SMILES string of the molecule is CC1C=CC=CC1(O)C1C(=O)Nc2c(Cl)cccc21. The van der Waals surface area contributed by atoms with Crippen LogP contribution in [-0.2, 0) is 4.79 Å². The minimum absolute atomic E-state index is 0.141. The third kappa shape index (κ3) is 1.73. The van der Waals surface area contributed by atoms with Crippen LogP contribution in [0.25, 0.3) is 0 Å². The second-order valence-electron chi connectivity index (χ2n) is 5.05. The molecule has 3 unspecified atom stereocenters. The first kappa shape index (κ1) is 12.5. The summed E-state index contributed by atoms with van der Waals surface area (Å²) in [6.45, 7) is 1.90. The van der Waals surface area contributed by atoms with Crippen LogP contribution in [-0.4, -0.2) is 16.6 Å². The molecule has 2 aliphatic rings. The summed E-state index contributed by atoms with van der Waals surface area (Å²) in [6, 6.07) is 5.36. The zero-order valence-corrected chi connectivity index (χ0v) is 11.2. The van der Waals surface area contributed by atoms with Gasteiger partial charge in [0.1, 0.15) is 5.60 Å². The van der Waals surface area contributed by atoms with Gasteiger partial charge in [-0.25, -0.2) is 0 Å². The number of allylic oxidation sites excluding steroid dienone is 2. The molecule has 0 saturated carbocycles. The van der Waals surface area contributed by atoms with Crippen molar-refractivity contribution in [3.8, 4) is 0 Å². The van der Waals surface area contributed by atoms with Gasteiger partial charge in [-0.05, 0) is 11.6 Å². The molecule has 3 nitrogen and oxygen atoms in total. The van der Waals surface area contributed by atoms with Crippen LogP contribution in [0.3, 0.4) is 0 Å². The Morgan fingerprint density at radius 3 is 2.89 bits per heavy atom. The summed E-state index contributed by atoms with van der Waals surface area (Å²) in [4.78, 5) is 12.2. The van der Waals surface area contributed by atoms with Gasteiger partial charge in [0.05, 0.1) is 16.6 Å². The molecule has 0 saturated heterocycles. The molecule has 19 heavy (non-hydrogen) atoms. The average molecular weight is 276 g/mol. The molecule has 0 bridgehead atoms. The number of benzene rings is 1. The van der Waals surface area contributed by atoms with Gasteiger partial charge in [-0.15, -0.1) is 0 Å². The first-order chi connectivity index (χ1) is 9.04. The zero-order valence-electron chi connectivity index (χ0n) is 10.4. The highest BCUT2D eigenvalue weighted by atomic mass is 35.5. The van der Waals surface area contributed by atoms with Crippen molar-refractivity contribution in [1.82, 2.24) is 0 Å². The van der Waals surface area contributed by atoms with Crippen molar-refractivity contribution in [2.75, 3.05) is 5.32 Å². The Bertz CT molecular complexity index is 608. The van der Waals surface area contributed by atoms with E-state index in [4.69, 9.17) is 11.6 Å². The Balaban J connectivity index is 2.13. The van der Waals surface area contributed by atoms with Crippen LogP contribution in [0.15, 0.2) is 42.5 Å². The summed E-state index contributed by atoms with van der Waals surface area (Å²) in [7, 11) is 0. The van der Waals surface area contributed by atoms with Crippen LogP contribution in [0.4, 0.5) is 5.69 Å². The van der Waals surface area contributed by atoms with E-state index in [1.165, 1.54) is 0 Å². The van der Waals surface area contributed by atoms with Crippen molar-refractivity contribution in [1.29, 1.82) is 0 Å². The van der Waals surface area contributed by atoms with Gasteiger partial charge in [-0.1, -0.05) is 55.0 Å². The Morgan fingerprint density at radius 1 is 1.37 bits per heavy atom. The van der Waals surface area contributed by atoms with Gasteiger partial charge in [0.15, 0.2) is 0 Å². The fourth-order valence-corrected chi connectivity index (χ4v) is 3.04. The number of anilines is 1. The van der Waals surface area contributed by atoms with Crippen molar-refractivity contribution < 1.29 is 9.90 Å². The highest BCUT2D eigenvalue weighted by molar-refractivity contribution is 6.34. The second-order valence-corrected chi connectivity index (χ2v) is 5.45. The number of carbonyl (C=O) groups is 1. The predicted molar refractivity (Wildman–Crippen MR) is 75.2 cm³/mol. The van der Waals surface area contributed by atoms with Crippen LogP contribution in [0.5, 0.6) is 0 Å². The van der Waals surface area contributed by atoms with E-state index in [0.717, 1.165) is 5.56 Å². The lowest BCUT2D eigenvalue weighted by Gasteiger charge is -2.35. The fourth-order valence-electron chi connectivity index (χ4n) is 2.81. The molecule has 0 radical (unpaired) electrons. The average Bonchev–Trinajstić information content (AvgIpc) is 2.72. The Morgan fingerprint density at radius 2 is 2.16 bits per heavy atom. The molecule has 0 fully saturated rings. The van der Waals surface area contributed by atoms with E-state index >= 15 is 0 Å². The lowest BCUT2D eigenvalue weighted by molar-refractivity contribution is -0.122. The first-order valence-electron chi connectivity index (χ1n) is 6.21. The molecule has 0 spiro atoms. The van der Waals surface area contributed by atoms with E-state index in [0.29, 0.717) is 10.7 Å². The van der Waals surface area contributed by atoms with E-state index in [9.17, 15) is 9.90 Å². The van der Waals surface area contributed by atoms with E-state index in [1.807, 2.05) is 25.1 Å². The molecule has 1 aliphatic heterocycles. The summed E-state index contributed by atoms with van der Waals surface area (Å²) < 4.78 is 0. The molecule has 3 rings (SSSR count). The van der Waals surface area contributed by atoms with Crippen molar-refractivity contribution in [2.45, 2.75) is 18.4 Å². The van der Waals surface area contributed by atoms with Gasteiger partial charge in [0.2, 0.25) is 5.91 Å². The topological polar surface area (TPSA) is 49.3 Å². The largest absolute Gasteiger partial charge is 0.384 e. The van der Waals surface area contributed by atoms with Gasteiger partial charge in [0, 0.05) is 5.92 Å². The van der Waals surface area contributed by atoms with Gasteiger partial charge >= 0.3 is 0 Å². The standard InChI is InChI=1S/C15H14ClNO2/c1-9-5-2-3-8-15(9,19)12-10-6-4-7-11(16)13(10)17-14(12)18/h2-9,12,19H,1H3,(H,17,18). The monoisotopic (exact) mass is 275 g/mol. The van der Waals surface area contributed by atoms with Crippen LogP contribution < -0.4 is 5.32 Å². The van der Waals surface area contributed by atoms with Gasteiger partial charge in [0.25, 0.3) is 0 Å². The second kappa shape index (κ2) is 4.22. The molecule has 0 aromatic heterocycles. The quantitative estimate of drug-likeness (QED) is 0.828. The zero-order chi connectivity index (χ0) is 13.6. The van der Waals surface area contributed by atoms with Crippen molar-refractivity contribution in [3.63, 3.8) is 0 Å². The fraction of sp³-hybridized carbons (Fsp3) is 0.267. The maximum Gasteiger partial charge on any atom is 0.235 e. The minimum Gasteiger partial charge on any atom is -0.384 e. The van der Waals surface area contributed by atoms with Gasteiger partial charge in [-0.2, -0.15) is 0 Å². The summed E-state index contributed by atoms with van der Waals surface area (Å²) >= 11 is 6.09. The maximum absolute atomic E-state index is 12.2. The Hall–Kier alpha value is -1.58. The molecule has 4 heteroatoms. The lowest BCUT2D eigenvalue weighted by Crippen LogP contribution is -2.44. The van der Waals surface area contributed by atoms with Gasteiger partial charge < -0.3 is 10.4 Å². The third-order valence-electron chi connectivity index (χ3n) is 3.93. The van der Waals surface area contributed by atoms with Crippen molar-refractivity contribution in [3.05, 3.63) is 53.1 Å². The molecule has 3 atom stereocenters. The van der Waals surface area contributed by atoms with Gasteiger partial charge in [-0.3, -0.25) is 4.79 Å². The molecule has 1 aromatic rings. The molecule has 1 heterocycles. The highest BCUT2D eigenvalue weighted by Gasteiger charge is 2.48. The van der Waals surface area contributed by atoms with E-state index in [-0.39, 0.29) is 11.8 Å². The highest BCUT2D eigenvalue weighted by Crippen LogP contribution is 2.46. The smallest absolute Gasteiger partial charge is 0.235 e. The number of rotatable bonds is 1. The predicted octanol–water partition coefficient (Wildman–Crippen LogP) is 2.87. The Labute approximate surface area is 116 Å². The van der Waals surface area contributed by atoms with Crippen molar-refractivity contribution in [2.24, 2.45) is 5.92 Å². The number of nitrogens with one attached hydrogen (secondary N) is 1. The number of para-hydroxylation sites is 1. The number of fused-ring (bicyclic) bond motifs is 1. The van der Waals surface area contributed by atoms with Crippen LogP contribution in [0.1, 0.15) is 18.4 Å². The molecule has 1 aromatic carbocycles. The van der Waals surface area contributed by atoms with E-state index in [1.54, 1.807) is 24.3 Å². The first-order valence-corrected chi connectivity index (χ1v) is 6.59. The molecular weight excluding hydrogens is 262 g/mol. The summed E-state index contributed by atoms with van der Waals surface area (Å²) in [5.74, 6) is -0.979. The van der Waals surface area contributed by atoms with Crippen LogP contribution in [0, 0.1) is 5.92 Å². The number of hydrogen-bond donors (Lipinski definition) is 2. The number of halogens is 1. The van der Waals surface area contributed by atoms with Crippen LogP contribution >= 0.6 is 11.6 Å². The summed E-state index contributed by atoms with van der Waals surface area (Å²) in [6.07, 6.45) is 7.24. The third-order valence-corrected chi connectivity index (χ3v) is 4.25. The summed E-state index contributed by atoms with van der Waals surface area (Å²) in [5.41, 5.74) is 0.156. The molecule has 98 valence electrons.